The molecule has 1 amide bonds. The number of carbonyl (C=O) groups excluding carboxylic acids is 1. The van der Waals surface area contributed by atoms with Crippen molar-refractivity contribution in [3.63, 3.8) is 0 Å². The van der Waals surface area contributed by atoms with E-state index in [1.807, 2.05) is 18.2 Å². The van der Waals surface area contributed by atoms with Gasteiger partial charge in [0.25, 0.3) is 0 Å². The van der Waals surface area contributed by atoms with Crippen molar-refractivity contribution < 1.29 is 13.6 Å². The quantitative estimate of drug-likeness (QED) is 0.321. The lowest BCUT2D eigenvalue weighted by molar-refractivity contribution is -0.116. The van der Waals surface area contributed by atoms with Crippen LogP contribution in [0.5, 0.6) is 0 Å². The monoisotopic (exact) mass is 437 g/mol. The Kier molecular flexibility index (Phi) is 6.62. The Balaban J connectivity index is 1.37. The number of benzene rings is 2. The summed E-state index contributed by atoms with van der Waals surface area (Å²) in [4.78, 5) is 12.2. The summed E-state index contributed by atoms with van der Waals surface area (Å²) >= 11 is 1.70. The average molecular weight is 438 g/mol. The first-order valence-electron chi connectivity index (χ1n) is 10.6. The summed E-state index contributed by atoms with van der Waals surface area (Å²) < 4.78 is 27.8. The molecule has 3 aromatic rings. The molecule has 1 aliphatic rings. The van der Waals surface area contributed by atoms with Crippen LogP contribution in [-0.2, 0) is 16.6 Å². The van der Waals surface area contributed by atoms with Gasteiger partial charge in [0.15, 0.2) is 0 Å². The minimum Gasteiger partial charge on any atom is -0.353 e. The fourth-order valence-electron chi connectivity index (χ4n) is 4.25. The number of thiophene rings is 1. The van der Waals surface area contributed by atoms with E-state index < -0.39 is 5.41 Å². The molecule has 1 saturated carbocycles. The van der Waals surface area contributed by atoms with Crippen LogP contribution in [0.4, 0.5) is 8.78 Å². The van der Waals surface area contributed by atoms with E-state index >= 15 is 0 Å². The second-order valence-electron chi connectivity index (χ2n) is 8.04. The minimum atomic E-state index is -0.498. The summed E-state index contributed by atoms with van der Waals surface area (Å²) in [5.41, 5.74) is 2.46. The van der Waals surface area contributed by atoms with Crippen molar-refractivity contribution in [1.29, 1.82) is 0 Å². The second kappa shape index (κ2) is 9.56. The zero-order chi connectivity index (χ0) is 21.7. The van der Waals surface area contributed by atoms with E-state index in [4.69, 9.17) is 0 Å². The van der Waals surface area contributed by atoms with Crippen LogP contribution < -0.4 is 5.32 Å². The lowest BCUT2D eigenvalue weighted by Gasteiger charge is -2.18. The lowest BCUT2D eigenvalue weighted by Crippen LogP contribution is -2.22. The Morgan fingerprint density at radius 3 is 2.39 bits per heavy atom. The Morgan fingerprint density at radius 1 is 1.06 bits per heavy atom. The molecule has 2 nitrogen and oxygen atoms in total. The summed E-state index contributed by atoms with van der Waals surface area (Å²) in [6.45, 7) is 0.636. The van der Waals surface area contributed by atoms with Gasteiger partial charge >= 0.3 is 0 Å². The van der Waals surface area contributed by atoms with Crippen LogP contribution >= 0.6 is 11.3 Å². The largest absolute Gasteiger partial charge is 0.353 e. The molecule has 0 bridgehead atoms. The highest BCUT2D eigenvalue weighted by Gasteiger charge is 2.55. The number of carbonyl (C=O) groups is 1. The van der Waals surface area contributed by atoms with Crippen LogP contribution in [0.25, 0.3) is 0 Å². The summed E-state index contributed by atoms with van der Waals surface area (Å²) in [7, 11) is 0. The number of aryl methyl sites for hydroxylation is 1. The van der Waals surface area contributed by atoms with E-state index in [9.17, 15) is 13.6 Å². The van der Waals surface area contributed by atoms with Crippen molar-refractivity contribution in [1.82, 2.24) is 5.32 Å². The van der Waals surface area contributed by atoms with Crippen LogP contribution in [0.15, 0.2) is 77.5 Å². The van der Waals surface area contributed by atoms with Crippen LogP contribution in [0.1, 0.15) is 36.0 Å². The number of hydrogen-bond acceptors (Lipinski definition) is 2. The maximum absolute atomic E-state index is 13.9. The van der Waals surface area contributed by atoms with Crippen LogP contribution in [-0.4, -0.2) is 12.5 Å². The maximum Gasteiger partial charge on any atom is 0.243 e. The summed E-state index contributed by atoms with van der Waals surface area (Å²) in [6, 6.07) is 15.0. The molecular weight excluding hydrogens is 412 g/mol. The van der Waals surface area contributed by atoms with Crippen molar-refractivity contribution in [2.24, 2.45) is 5.92 Å². The number of allylic oxidation sites excluding steroid dienone is 1. The third-order valence-corrected chi connectivity index (χ3v) is 6.68. The van der Waals surface area contributed by atoms with Gasteiger partial charge < -0.3 is 5.32 Å². The van der Waals surface area contributed by atoms with Gasteiger partial charge in [-0.25, -0.2) is 8.78 Å². The number of unbranched alkanes of at least 4 members (excludes halogenated alkanes) is 1. The first-order chi connectivity index (χ1) is 15.1. The molecular formula is C26H25F2NOS. The topological polar surface area (TPSA) is 29.1 Å². The second-order valence-corrected chi connectivity index (χ2v) is 8.82. The van der Waals surface area contributed by atoms with Crippen molar-refractivity contribution in [2.45, 2.75) is 31.1 Å². The SMILES string of the molecule is O=C(C=C[C@@H]1CC1(c1cccc(F)c1)c1cccc(F)c1)NCCCCc1ccsc1. The van der Waals surface area contributed by atoms with Crippen LogP contribution in [0.2, 0.25) is 0 Å². The predicted molar refractivity (Wildman–Crippen MR) is 121 cm³/mol. The molecule has 2 aromatic carbocycles. The van der Waals surface area contributed by atoms with Gasteiger partial charge in [-0.05, 0) is 95.5 Å². The number of halogens is 2. The third kappa shape index (κ3) is 5.10. The van der Waals surface area contributed by atoms with E-state index in [0.29, 0.717) is 13.0 Å². The van der Waals surface area contributed by atoms with Crippen molar-refractivity contribution in [3.8, 4) is 0 Å². The Labute approximate surface area is 185 Å². The summed E-state index contributed by atoms with van der Waals surface area (Å²) in [5.74, 6) is -0.749. The third-order valence-electron chi connectivity index (χ3n) is 5.95. The molecule has 31 heavy (non-hydrogen) atoms. The lowest BCUT2D eigenvalue weighted by atomic mass is 9.85. The van der Waals surface area contributed by atoms with Gasteiger partial charge in [0, 0.05) is 12.0 Å². The number of hydrogen-bond donors (Lipinski definition) is 1. The normalized spacial score (nSPS) is 17.0. The van der Waals surface area contributed by atoms with E-state index in [0.717, 1.165) is 30.4 Å². The molecule has 0 spiro atoms. The van der Waals surface area contributed by atoms with Gasteiger partial charge in [0.05, 0.1) is 0 Å². The smallest absolute Gasteiger partial charge is 0.243 e. The molecule has 160 valence electrons. The highest BCUT2D eigenvalue weighted by atomic mass is 32.1. The Hall–Kier alpha value is -2.79. The van der Waals surface area contributed by atoms with E-state index in [-0.39, 0.29) is 23.5 Å². The molecule has 1 heterocycles. The zero-order valence-electron chi connectivity index (χ0n) is 17.2. The summed E-state index contributed by atoms with van der Waals surface area (Å²) in [5, 5.41) is 7.16. The Bertz CT molecular complexity index is 1020. The van der Waals surface area contributed by atoms with Gasteiger partial charge in [-0.2, -0.15) is 11.3 Å². The average Bonchev–Trinajstić information content (AvgIpc) is 3.27. The standard InChI is InChI=1S/C26H25F2NOS/c27-23-8-3-6-20(15-23)26(21-7-4-9-24(28)16-21)17-22(26)10-11-25(30)29-13-2-1-5-19-12-14-31-18-19/h3-4,6-12,14-16,18,22H,1-2,5,13,17H2,(H,29,30)/t22-/m1/s1. The molecule has 0 saturated heterocycles. The zero-order valence-corrected chi connectivity index (χ0v) is 18.0. The molecule has 1 N–H and O–H groups in total. The minimum absolute atomic E-state index is 0.0143. The van der Waals surface area contributed by atoms with Crippen LogP contribution in [0.3, 0.4) is 0 Å². The van der Waals surface area contributed by atoms with Gasteiger partial charge in [0.2, 0.25) is 5.91 Å². The van der Waals surface area contributed by atoms with Gasteiger partial charge in [-0.15, -0.1) is 0 Å². The molecule has 5 heteroatoms. The molecule has 1 fully saturated rings. The van der Waals surface area contributed by atoms with Gasteiger partial charge in [0.1, 0.15) is 11.6 Å². The molecule has 1 aliphatic carbocycles. The van der Waals surface area contributed by atoms with Gasteiger partial charge in [-0.3, -0.25) is 4.79 Å². The first-order valence-corrected chi connectivity index (χ1v) is 11.5. The van der Waals surface area contributed by atoms with Gasteiger partial charge in [-0.1, -0.05) is 30.3 Å². The van der Waals surface area contributed by atoms with E-state index in [2.05, 4.69) is 22.1 Å². The summed E-state index contributed by atoms with van der Waals surface area (Å²) in [6.07, 6.45) is 7.13. The van der Waals surface area contributed by atoms with E-state index in [1.165, 1.54) is 29.8 Å². The maximum atomic E-state index is 13.9. The molecule has 0 aliphatic heterocycles. The highest BCUT2D eigenvalue weighted by Crippen LogP contribution is 2.59. The fraction of sp³-hybridized carbons (Fsp3) is 0.269. The number of amides is 1. The predicted octanol–water partition coefficient (Wildman–Crippen LogP) is 6.03. The molecule has 1 atom stereocenters. The van der Waals surface area contributed by atoms with Crippen molar-refractivity contribution >= 4 is 17.2 Å². The molecule has 1 aromatic heterocycles. The molecule has 0 radical (unpaired) electrons. The number of nitrogens with one attached hydrogen (secondary N) is 1. The molecule has 4 rings (SSSR count). The number of rotatable bonds is 9. The Morgan fingerprint density at radius 2 is 1.77 bits per heavy atom. The fourth-order valence-corrected chi connectivity index (χ4v) is 4.95. The van der Waals surface area contributed by atoms with Crippen molar-refractivity contribution in [2.75, 3.05) is 6.54 Å². The van der Waals surface area contributed by atoms with Crippen LogP contribution in [0, 0.1) is 17.6 Å². The van der Waals surface area contributed by atoms with E-state index in [1.54, 1.807) is 29.5 Å². The first kappa shape index (κ1) is 21.4. The van der Waals surface area contributed by atoms with Crippen molar-refractivity contribution in [3.05, 3.63) is 106 Å². The molecule has 0 unspecified atom stereocenters. The highest BCUT2D eigenvalue weighted by molar-refractivity contribution is 7.07.